The van der Waals surface area contributed by atoms with Crippen molar-refractivity contribution in [2.24, 2.45) is 5.92 Å². The molecule has 7 aromatic rings. The third kappa shape index (κ3) is 4.34. The lowest BCUT2D eigenvalue weighted by Crippen LogP contribution is -2.14. The van der Waals surface area contributed by atoms with Gasteiger partial charge in [0.05, 0.1) is 22.4 Å². The summed E-state index contributed by atoms with van der Waals surface area (Å²) in [6, 6.07) is 44.0. The molecular formula is C44H35N3. The Labute approximate surface area is 275 Å². The molecule has 0 radical (unpaired) electrons. The van der Waals surface area contributed by atoms with Crippen molar-refractivity contribution in [3.05, 3.63) is 157 Å². The molecule has 2 heterocycles. The fraction of sp³-hybridized carbons (Fsp3) is 0.136. The van der Waals surface area contributed by atoms with Crippen LogP contribution in [0.2, 0.25) is 0 Å². The second-order valence-electron chi connectivity index (χ2n) is 13.5. The molecule has 9 rings (SSSR count). The monoisotopic (exact) mass is 605 g/mol. The van der Waals surface area contributed by atoms with Crippen molar-refractivity contribution >= 4 is 27.4 Å². The van der Waals surface area contributed by atoms with Crippen LogP contribution >= 0.6 is 0 Å². The Hall–Kier alpha value is -5.54. The molecular weight excluding hydrogens is 571 g/mol. The third-order valence-corrected chi connectivity index (χ3v) is 10.3. The van der Waals surface area contributed by atoms with E-state index in [0.29, 0.717) is 5.92 Å². The van der Waals surface area contributed by atoms with E-state index < -0.39 is 0 Å². The minimum Gasteiger partial charge on any atom is -0.309 e. The number of rotatable bonds is 4. The van der Waals surface area contributed by atoms with E-state index >= 15 is 0 Å². The predicted molar refractivity (Wildman–Crippen MR) is 196 cm³/mol. The van der Waals surface area contributed by atoms with Gasteiger partial charge in [-0.25, -0.2) is 9.97 Å². The standard InChI is InChI=1S/C44H35N3/c1-28-13-7-8-16-32(28)43-45-39(29-14-5-4-6-15-29)27-40(46-43)30-21-23-31(24-22-30)47-41-20-12-10-18-34(41)36-25-38-35(26-42(36)47)33-17-9-11-19-37(33)44(38,2)3/h4-12,14-28H,13H2,1-3H3. The number of nitrogens with zero attached hydrogens (tertiary/aromatic N) is 3. The summed E-state index contributed by atoms with van der Waals surface area (Å²) < 4.78 is 2.42. The second-order valence-corrected chi connectivity index (χ2v) is 13.5. The van der Waals surface area contributed by atoms with E-state index in [2.05, 4.69) is 159 Å². The average Bonchev–Trinajstić information content (AvgIpc) is 3.56. The van der Waals surface area contributed by atoms with E-state index in [-0.39, 0.29) is 5.41 Å². The minimum absolute atomic E-state index is 0.0400. The summed E-state index contributed by atoms with van der Waals surface area (Å²) in [5.74, 6) is 1.18. The van der Waals surface area contributed by atoms with Crippen LogP contribution in [0.3, 0.4) is 0 Å². The lowest BCUT2D eigenvalue weighted by molar-refractivity contribution is 0.661. The van der Waals surface area contributed by atoms with Crippen molar-refractivity contribution in [3.8, 4) is 39.3 Å². The van der Waals surface area contributed by atoms with Crippen molar-refractivity contribution < 1.29 is 0 Å². The Morgan fingerprint density at radius 2 is 1.34 bits per heavy atom. The predicted octanol–water partition coefficient (Wildman–Crippen LogP) is 11.2. The molecule has 0 amide bonds. The van der Waals surface area contributed by atoms with Crippen LogP contribution < -0.4 is 0 Å². The van der Waals surface area contributed by atoms with Gasteiger partial charge in [0.15, 0.2) is 5.82 Å². The minimum atomic E-state index is -0.0400. The Bertz CT molecular complexity index is 2410. The molecule has 1 atom stereocenters. The molecule has 0 spiro atoms. The summed E-state index contributed by atoms with van der Waals surface area (Å²) in [6.07, 6.45) is 7.52. The summed E-state index contributed by atoms with van der Waals surface area (Å²) >= 11 is 0. The highest BCUT2D eigenvalue weighted by atomic mass is 15.0. The summed E-state index contributed by atoms with van der Waals surface area (Å²) in [5.41, 5.74) is 14.2. The first kappa shape index (κ1) is 27.7. The molecule has 1 unspecified atom stereocenters. The van der Waals surface area contributed by atoms with Gasteiger partial charge in [-0.1, -0.05) is 124 Å². The lowest BCUT2D eigenvalue weighted by atomic mass is 9.82. The summed E-state index contributed by atoms with van der Waals surface area (Å²) in [7, 11) is 0. The lowest BCUT2D eigenvalue weighted by Gasteiger charge is -2.21. The first-order valence-electron chi connectivity index (χ1n) is 16.6. The molecule has 3 nitrogen and oxygen atoms in total. The topological polar surface area (TPSA) is 30.7 Å². The van der Waals surface area contributed by atoms with Gasteiger partial charge < -0.3 is 4.57 Å². The van der Waals surface area contributed by atoms with Crippen molar-refractivity contribution in [2.45, 2.75) is 32.6 Å². The number of aromatic nitrogens is 3. The Balaban J connectivity index is 1.20. The number of benzene rings is 5. The van der Waals surface area contributed by atoms with Gasteiger partial charge >= 0.3 is 0 Å². The third-order valence-electron chi connectivity index (χ3n) is 10.3. The van der Waals surface area contributed by atoms with Gasteiger partial charge in [0.25, 0.3) is 0 Å². The van der Waals surface area contributed by atoms with E-state index in [0.717, 1.165) is 40.4 Å². The van der Waals surface area contributed by atoms with Crippen LogP contribution in [-0.4, -0.2) is 14.5 Å². The Kier molecular flexibility index (Phi) is 6.20. The molecule has 2 aliphatic carbocycles. The fourth-order valence-electron chi connectivity index (χ4n) is 7.74. The fourth-order valence-corrected chi connectivity index (χ4v) is 7.74. The van der Waals surface area contributed by atoms with Gasteiger partial charge in [-0.05, 0) is 76.6 Å². The van der Waals surface area contributed by atoms with E-state index in [1.165, 1.54) is 49.6 Å². The molecule has 47 heavy (non-hydrogen) atoms. The van der Waals surface area contributed by atoms with Crippen LogP contribution in [0.1, 0.15) is 44.1 Å². The van der Waals surface area contributed by atoms with E-state index in [9.17, 15) is 0 Å². The zero-order valence-electron chi connectivity index (χ0n) is 26.9. The number of hydrogen-bond acceptors (Lipinski definition) is 2. The maximum absolute atomic E-state index is 5.15. The highest BCUT2D eigenvalue weighted by Crippen LogP contribution is 2.51. The number of allylic oxidation sites excluding steroid dienone is 4. The van der Waals surface area contributed by atoms with Crippen LogP contribution in [0.4, 0.5) is 0 Å². The van der Waals surface area contributed by atoms with Gasteiger partial charge in [-0.15, -0.1) is 0 Å². The van der Waals surface area contributed by atoms with Crippen molar-refractivity contribution in [1.29, 1.82) is 0 Å². The molecule has 0 fully saturated rings. The molecule has 0 saturated carbocycles. The van der Waals surface area contributed by atoms with Gasteiger partial charge in [0.2, 0.25) is 0 Å². The van der Waals surface area contributed by atoms with Crippen LogP contribution in [-0.2, 0) is 5.41 Å². The Morgan fingerprint density at radius 3 is 2.13 bits per heavy atom. The first-order valence-corrected chi connectivity index (χ1v) is 16.6. The van der Waals surface area contributed by atoms with Gasteiger partial charge in [-0.3, -0.25) is 0 Å². The van der Waals surface area contributed by atoms with Gasteiger partial charge in [0.1, 0.15) is 0 Å². The maximum Gasteiger partial charge on any atom is 0.156 e. The molecule has 0 saturated heterocycles. The zero-order valence-corrected chi connectivity index (χ0v) is 26.9. The first-order chi connectivity index (χ1) is 23.0. The highest BCUT2D eigenvalue weighted by molar-refractivity contribution is 6.11. The second kappa shape index (κ2) is 10.5. The normalized spacial score (nSPS) is 16.3. The van der Waals surface area contributed by atoms with E-state index in [1.807, 2.05) is 6.07 Å². The molecule has 226 valence electrons. The number of para-hydroxylation sites is 1. The SMILES string of the molecule is CC1CC=CC=C1c1nc(-c2ccccc2)cc(-c2ccc(-n3c4ccccc4c4cc5c(cc43)-c3ccccc3C5(C)C)cc2)n1. The van der Waals surface area contributed by atoms with Crippen LogP contribution in [0.15, 0.2) is 140 Å². The van der Waals surface area contributed by atoms with Crippen molar-refractivity contribution in [1.82, 2.24) is 14.5 Å². The Morgan fingerprint density at radius 1 is 0.638 bits per heavy atom. The summed E-state index contributed by atoms with van der Waals surface area (Å²) in [4.78, 5) is 10.2. The van der Waals surface area contributed by atoms with Crippen LogP contribution in [0.25, 0.3) is 66.7 Å². The van der Waals surface area contributed by atoms with E-state index in [1.54, 1.807) is 0 Å². The largest absolute Gasteiger partial charge is 0.309 e. The molecule has 0 bridgehead atoms. The molecule has 0 N–H and O–H groups in total. The molecule has 2 aromatic heterocycles. The molecule has 0 aliphatic heterocycles. The summed E-state index contributed by atoms with van der Waals surface area (Å²) in [5, 5.41) is 2.57. The molecule has 2 aliphatic rings. The van der Waals surface area contributed by atoms with Gasteiger partial charge in [0, 0.05) is 33.0 Å². The average molecular weight is 606 g/mol. The molecule has 3 heteroatoms. The van der Waals surface area contributed by atoms with Crippen LogP contribution in [0.5, 0.6) is 0 Å². The maximum atomic E-state index is 5.15. The smallest absolute Gasteiger partial charge is 0.156 e. The van der Waals surface area contributed by atoms with Crippen LogP contribution in [0, 0.1) is 5.92 Å². The van der Waals surface area contributed by atoms with Crippen molar-refractivity contribution in [2.75, 3.05) is 0 Å². The zero-order chi connectivity index (χ0) is 31.7. The number of fused-ring (bicyclic) bond motifs is 6. The quantitative estimate of drug-likeness (QED) is 0.200. The van der Waals surface area contributed by atoms with E-state index in [4.69, 9.17) is 9.97 Å². The summed E-state index contributed by atoms with van der Waals surface area (Å²) in [6.45, 7) is 6.96. The molecule has 5 aromatic carbocycles. The van der Waals surface area contributed by atoms with Gasteiger partial charge in [-0.2, -0.15) is 0 Å². The highest BCUT2D eigenvalue weighted by Gasteiger charge is 2.36. The van der Waals surface area contributed by atoms with Crippen molar-refractivity contribution in [3.63, 3.8) is 0 Å². The number of hydrogen-bond donors (Lipinski definition) is 0.